The molecule has 0 atom stereocenters. The second-order valence-corrected chi connectivity index (χ2v) is 3.15. The molecule has 0 aliphatic carbocycles. The van der Waals surface area contributed by atoms with Gasteiger partial charge >= 0.3 is 0 Å². The molecule has 0 bridgehead atoms. The van der Waals surface area contributed by atoms with Gasteiger partial charge in [0.05, 0.1) is 6.54 Å². The first kappa shape index (κ1) is 9.79. The van der Waals surface area contributed by atoms with E-state index in [-0.39, 0.29) is 0 Å². The average molecular weight is 204 g/mol. The molecule has 0 radical (unpaired) electrons. The number of nitrogens with zero attached hydrogens (tertiary/aromatic N) is 3. The highest BCUT2D eigenvalue weighted by Gasteiger charge is 2.04. The van der Waals surface area contributed by atoms with Crippen molar-refractivity contribution in [2.24, 2.45) is 5.73 Å². The molecule has 2 N–H and O–H groups in total. The van der Waals surface area contributed by atoms with Crippen LogP contribution in [0.15, 0.2) is 28.9 Å². The number of aryl methyl sites for hydroxylation is 2. The molecule has 5 heteroatoms. The number of nitrogens with two attached hydrogens (primary N) is 1. The van der Waals surface area contributed by atoms with Crippen LogP contribution in [0.2, 0.25) is 0 Å². The second kappa shape index (κ2) is 4.65. The number of rotatable bonds is 4. The van der Waals surface area contributed by atoms with Gasteiger partial charge in [-0.2, -0.15) is 0 Å². The maximum atomic E-state index is 5.36. The number of pyridine rings is 1. The zero-order chi connectivity index (χ0) is 10.5. The van der Waals surface area contributed by atoms with Crippen LogP contribution in [0.1, 0.15) is 17.3 Å². The van der Waals surface area contributed by atoms with E-state index >= 15 is 0 Å². The maximum Gasteiger partial charge on any atom is 0.230 e. The van der Waals surface area contributed by atoms with Crippen molar-refractivity contribution in [1.29, 1.82) is 0 Å². The van der Waals surface area contributed by atoms with Gasteiger partial charge < -0.3 is 10.2 Å². The van der Waals surface area contributed by atoms with Crippen molar-refractivity contribution in [1.82, 2.24) is 15.2 Å². The standard InChI is InChI=1S/C10H12N4O/c11-6-10-14-13-9(15-10)4-3-8-2-1-5-12-7-8/h1-2,5,7H,3-4,6,11H2. The molecular formula is C10H12N4O. The lowest BCUT2D eigenvalue weighted by Crippen LogP contribution is -1.95. The van der Waals surface area contributed by atoms with Crippen LogP contribution in [-0.4, -0.2) is 15.2 Å². The predicted molar refractivity (Wildman–Crippen MR) is 53.8 cm³/mol. The Bertz CT molecular complexity index is 412. The van der Waals surface area contributed by atoms with Crippen LogP contribution < -0.4 is 5.73 Å². The van der Waals surface area contributed by atoms with E-state index in [2.05, 4.69) is 15.2 Å². The van der Waals surface area contributed by atoms with E-state index in [0.717, 1.165) is 18.4 Å². The minimum absolute atomic E-state index is 0.292. The topological polar surface area (TPSA) is 77.8 Å². The molecule has 0 aliphatic heterocycles. The van der Waals surface area contributed by atoms with Gasteiger partial charge in [-0.15, -0.1) is 10.2 Å². The van der Waals surface area contributed by atoms with Gasteiger partial charge in [0.1, 0.15) is 0 Å². The van der Waals surface area contributed by atoms with E-state index in [1.807, 2.05) is 18.3 Å². The summed E-state index contributed by atoms with van der Waals surface area (Å²) in [6, 6.07) is 3.93. The van der Waals surface area contributed by atoms with Crippen LogP contribution in [0.3, 0.4) is 0 Å². The van der Waals surface area contributed by atoms with Gasteiger partial charge in [-0.05, 0) is 18.1 Å². The molecule has 0 aromatic carbocycles. The SMILES string of the molecule is NCc1nnc(CCc2cccnc2)o1. The zero-order valence-electron chi connectivity index (χ0n) is 8.26. The highest BCUT2D eigenvalue weighted by atomic mass is 16.4. The van der Waals surface area contributed by atoms with Gasteiger partial charge in [0, 0.05) is 18.8 Å². The fourth-order valence-corrected chi connectivity index (χ4v) is 1.27. The highest BCUT2D eigenvalue weighted by Crippen LogP contribution is 2.05. The second-order valence-electron chi connectivity index (χ2n) is 3.15. The molecule has 2 aromatic rings. The van der Waals surface area contributed by atoms with Crippen LogP contribution >= 0.6 is 0 Å². The van der Waals surface area contributed by atoms with Crippen LogP contribution in [-0.2, 0) is 19.4 Å². The Labute approximate surface area is 87.3 Å². The molecule has 0 spiro atoms. The number of aromatic nitrogens is 3. The Kier molecular flexibility index (Phi) is 3.04. The van der Waals surface area contributed by atoms with Crippen molar-refractivity contribution >= 4 is 0 Å². The lowest BCUT2D eigenvalue weighted by molar-refractivity contribution is 0.450. The molecule has 0 unspecified atom stereocenters. The zero-order valence-corrected chi connectivity index (χ0v) is 8.26. The Hall–Kier alpha value is -1.75. The molecule has 0 saturated carbocycles. The molecule has 2 aromatic heterocycles. The predicted octanol–water partition coefficient (Wildman–Crippen LogP) is 0.708. The fourth-order valence-electron chi connectivity index (χ4n) is 1.27. The Morgan fingerprint density at radius 2 is 2.07 bits per heavy atom. The largest absolute Gasteiger partial charge is 0.424 e. The van der Waals surface area contributed by atoms with Crippen molar-refractivity contribution < 1.29 is 4.42 Å². The fraction of sp³-hybridized carbons (Fsp3) is 0.300. The third-order valence-electron chi connectivity index (χ3n) is 2.03. The average Bonchev–Trinajstić information content (AvgIpc) is 2.76. The van der Waals surface area contributed by atoms with Gasteiger partial charge in [0.15, 0.2) is 0 Å². The van der Waals surface area contributed by atoms with E-state index < -0.39 is 0 Å². The molecule has 2 heterocycles. The van der Waals surface area contributed by atoms with Gasteiger partial charge in [-0.1, -0.05) is 6.07 Å². The summed E-state index contributed by atoms with van der Waals surface area (Å²) in [6.07, 6.45) is 5.15. The van der Waals surface area contributed by atoms with Gasteiger partial charge in [-0.25, -0.2) is 0 Å². The van der Waals surface area contributed by atoms with E-state index in [0.29, 0.717) is 18.3 Å². The van der Waals surface area contributed by atoms with Crippen LogP contribution in [0.25, 0.3) is 0 Å². The summed E-state index contributed by atoms with van der Waals surface area (Å²) >= 11 is 0. The van der Waals surface area contributed by atoms with Crippen LogP contribution in [0.4, 0.5) is 0 Å². The van der Waals surface area contributed by atoms with E-state index in [1.165, 1.54) is 0 Å². The quantitative estimate of drug-likeness (QED) is 0.793. The molecule has 0 saturated heterocycles. The molecule has 78 valence electrons. The number of hydrogen-bond acceptors (Lipinski definition) is 5. The first-order valence-electron chi connectivity index (χ1n) is 4.78. The first-order chi connectivity index (χ1) is 7.38. The minimum atomic E-state index is 0.292. The third kappa shape index (κ3) is 2.60. The summed E-state index contributed by atoms with van der Waals surface area (Å²) < 4.78 is 5.29. The maximum absolute atomic E-state index is 5.36. The smallest absolute Gasteiger partial charge is 0.230 e. The monoisotopic (exact) mass is 204 g/mol. The summed E-state index contributed by atoms with van der Waals surface area (Å²) in [5.41, 5.74) is 6.52. The summed E-state index contributed by atoms with van der Waals surface area (Å²) in [5, 5.41) is 7.67. The van der Waals surface area contributed by atoms with E-state index in [4.69, 9.17) is 10.2 Å². The molecule has 0 aliphatic rings. The molecule has 15 heavy (non-hydrogen) atoms. The summed E-state index contributed by atoms with van der Waals surface area (Å²) in [4.78, 5) is 4.03. The Balaban J connectivity index is 1.93. The normalized spacial score (nSPS) is 10.5. The molecular weight excluding hydrogens is 192 g/mol. The molecule has 0 amide bonds. The summed E-state index contributed by atoms with van der Waals surface area (Å²) in [7, 11) is 0. The molecule has 2 rings (SSSR count). The number of hydrogen-bond donors (Lipinski definition) is 1. The van der Waals surface area contributed by atoms with Crippen molar-refractivity contribution in [3.8, 4) is 0 Å². The van der Waals surface area contributed by atoms with Gasteiger partial charge in [-0.3, -0.25) is 4.98 Å². The third-order valence-corrected chi connectivity index (χ3v) is 2.03. The van der Waals surface area contributed by atoms with Gasteiger partial charge in [0.2, 0.25) is 11.8 Å². The van der Waals surface area contributed by atoms with Crippen molar-refractivity contribution in [2.45, 2.75) is 19.4 Å². The van der Waals surface area contributed by atoms with Crippen molar-refractivity contribution in [3.05, 3.63) is 41.9 Å². The lowest BCUT2D eigenvalue weighted by atomic mass is 10.2. The highest BCUT2D eigenvalue weighted by molar-refractivity contribution is 5.09. The van der Waals surface area contributed by atoms with E-state index in [9.17, 15) is 0 Å². The summed E-state index contributed by atoms with van der Waals surface area (Å²) in [6.45, 7) is 0.292. The molecule has 0 fully saturated rings. The lowest BCUT2D eigenvalue weighted by Gasteiger charge is -1.95. The van der Waals surface area contributed by atoms with Crippen LogP contribution in [0.5, 0.6) is 0 Å². The first-order valence-corrected chi connectivity index (χ1v) is 4.78. The summed E-state index contributed by atoms with van der Waals surface area (Å²) in [5.74, 6) is 1.11. The van der Waals surface area contributed by atoms with Crippen molar-refractivity contribution in [2.75, 3.05) is 0 Å². The van der Waals surface area contributed by atoms with E-state index in [1.54, 1.807) is 6.20 Å². The van der Waals surface area contributed by atoms with Crippen LogP contribution in [0, 0.1) is 0 Å². The van der Waals surface area contributed by atoms with Crippen molar-refractivity contribution in [3.63, 3.8) is 0 Å². The minimum Gasteiger partial charge on any atom is -0.424 e. The molecule has 5 nitrogen and oxygen atoms in total. The van der Waals surface area contributed by atoms with Gasteiger partial charge in [0.25, 0.3) is 0 Å². The Morgan fingerprint density at radius 1 is 1.20 bits per heavy atom. The Morgan fingerprint density at radius 3 is 2.73 bits per heavy atom.